The van der Waals surface area contributed by atoms with Crippen molar-refractivity contribution in [2.75, 3.05) is 0 Å². The number of alkyl halides is 3. The molecule has 2 N–H and O–H groups in total. The molecule has 0 heterocycles. The summed E-state index contributed by atoms with van der Waals surface area (Å²) in [6.45, 7) is 0. The average molecular weight is 363 g/mol. The molecule has 2 aromatic carbocycles. The van der Waals surface area contributed by atoms with E-state index in [1.165, 1.54) is 18.2 Å². The Morgan fingerprint density at radius 1 is 1.04 bits per heavy atom. The number of carbonyl (C=O) groups excluding carboxylic acids is 1. The van der Waals surface area contributed by atoms with Crippen LogP contribution in [0.1, 0.15) is 16.7 Å². The van der Waals surface area contributed by atoms with E-state index in [0.29, 0.717) is 5.56 Å². The van der Waals surface area contributed by atoms with Crippen molar-refractivity contribution >= 4 is 18.0 Å². The van der Waals surface area contributed by atoms with E-state index in [1.54, 1.807) is 30.3 Å². The van der Waals surface area contributed by atoms with Crippen LogP contribution in [0.3, 0.4) is 0 Å². The number of rotatable bonds is 6. The summed E-state index contributed by atoms with van der Waals surface area (Å²) in [4.78, 5) is 23.2. The Morgan fingerprint density at radius 2 is 1.65 bits per heavy atom. The normalized spacial score (nSPS) is 12.7. The maximum Gasteiger partial charge on any atom is 0.416 e. The van der Waals surface area contributed by atoms with Gasteiger partial charge in [-0.05, 0) is 29.3 Å². The molecule has 0 aliphatic carbocycles. The highest BCUT2D eigenvalue weighted by Gasteiger charge is 2.29. The third-order valence-corrected chi connectivity index (χ3v) is 3.56. The van der Waals surface area contributed by atoms with Gasteiger partial charge in [-0.2, -0.15) is 13.2 Å². The summed E-state index contributed by atoms with van der Waals surface area (Å²) in [6, 6.07) is 12.0. The molecule has 0 aliphatic rings. The number of benzene rings is 2. The van der Waals surface area contributed by atoms with Gasteiger partial charge in [-0.1, -0.05) is 42.5 Å². The monoisotopic (exact) mass is 363 g/mol. The number of carbonyl (C=O) groups is 2. The summed E-state index contributed by atoms with van der Waals surface area (Å²) < 4.78 is 37.5. The molecule has 0 radical (unpaired) electrons. The molecule has 4 nitrogen and oxygen atoms in total. The standard InChI is InChI=1S/C19H16F3NO3/c20-19(21,22)15-9-6-13(7-10-15)8-11-17(24)23-16(18(25)26)12-14-4-2-1-3-5-14/h1-11,16H,12H2,(H,23,24)(H,25,26)/t16-/m1/s1. The predicted octanol–water partition coefficient (Wildman–Crippen LogP) is 3.53. The Hall–Kier alpha value is -3.09. The minimum absolute atomic E-state index is 0.121. The molecule has 136 valence electrons. The van der Waals surface area contributed by atoms with Gasteiger partial charge in [0.05, 0.1) is 5.56 Å². The number of aliphatic carboxylic acids is 1. The zero-order valence-corrected chi connectivity index (χ0v) is 13.5. The van der Waals surface area contributed by atoms with Crippen LogP contribution in [-0.4, -0.2) is 23.0 Å². The van der Waals surface area contributed by atoms with Gasteiger partial charge in [0.15, 0.2) is 0 Å². The zero-order valence-electron chi connectivity index (χ0n) is 13.5. The van der Waals surface area contributed by atoms with Crippen LogP contribution in [0.4, 0.5) is 13.2 Å². The van der Waals surface area contributed by atoms with Crippen molar-refractivity contribution in [2.45, 2.75) is 18.6 Å². The highest BCUT2D eigenvalue weighted by atomic mass is 19.4. The molecule has 0 saturated heterocycles. The lowest BCUT2D eigenvalue weighted by Crippen LogP contribution is -2.41. The molecule has 0 fully saturated rings. The van der Waals surface area contributed by atoms with Crippen LogP contribution in [0.5, 0.6) is 0 Å². The van der Waals surface area contributed by atoms with Gasteiger partial charge in [0.25, 0.3) is 0 Å². The molecule has 0 aliphatic heterocycles. The third-order valence-electron chi connectivity index (χ3n) is 3.56. The number of hydrogen-bond donors (Lipinski definition) is 2. The summed E-state index contributed by atoms with van der Waals surface area (Å²) in [5.41, 5.74) is 0.364. The number of hydrogen-bond acceptors (Lipinski definition) is 2. The molecular weight excluding hydrogens is 347 g/mol. The van der Waals surface area contributed by atoms with Gasteiger partial charge in [-0.25, -0.2) is 4.79 Å². The Bertz CT molecular complexity index is 784. The fourth-order valence-electron chi connectivity index (χ4n) is 2.22. The van der Waals surface area contributed by atoms with Gasteiger partial charge in [0, 0.05) is 12.5 Å². The zero-order chi connectivity index (χ0) is 19.2. The third kappa shape index (κ3) is 5.77. The van der Waals surface area contributed by atoms with E-state index in [-0.39, 0.29) is 6.42 Å². The number of nitrogens with one attached hydrogen (secondary N) is 1. The molecule has 2 aromatic rings. The average Bonchev–Trinajstić information content (AvgIpc) is 2.60. The second-order valence-electron chi connectivity index (χ2n) is 5.54. The molecule has 1 atom stereocenters. The van der Waals surface area contributed by atoms with Crippen molar-refractivity contribution < 1.29 is 27.9 Å². The molecule has 1 amide bonds. The van der Waals surface area contributed by atoms with Gasteiger partial charge >= 0.3 is 12.1 Å². The van der Waals surface area contributed by atoms with E-state index in [0.717, 1.165) is 23.8 Å². The quantitative estimate of drug-likeness (QED) is 0.772. The molecule has 2 rings (SSSR count). The van der Waals surface area contributed by atoms with E-state index >= 15 is 0 Å². The number of halogens is 3. The van der Waals surface area contributed by atoms with Crippen LogP contribution < -0.4 is 5.32 Å². The minimum atomic E-state index is -4.42. The van der Waals surface area contributed by atoms with Crippen molar-refractivity contribution in [1.82, 2.24) is 5.32 Å². The Morgan fingerprint density at radius 3 is 2.19 bits per heavy atom. The smallest absolute Gasteiger partial charge is 0.416 e. The van der Waals surface area contributed by atoms with Crippen molar-refractivity contribution in [1.29, 1.82) is 0 Å². The summed E-state index contributed by atoms with van der Waals surface area (Å²) >= 11 is 0. The van der Waals surface area contributed by atoms with E-state index in [4.69, 9.17) is 0 Å². The lowest BCUT2D eigenvalue weighted by molar-refractivity contribution is -0.141. The number of amides is 1. The van der Waals surface area contributed by atoms with E-state index in [2.05, 4.69) is 5.32 Å². The Balaban J connectivity index is 1.99. The first-order valence-corrected chi connectivity index (χ1v) is 7.68. The fraction of sp³-hybridized carbons (Fsp3) is 0.158. The summed E-state index contributed by atoms with van der Waals surface area (Å²) in [5, 5.41) is 11.6. The molecule has 26 heavy (non-hydrogen) atoms. The minimum Gasteiger partial charge on any atom is -0.480 e. The molecule has 0 aromatic heterocycles. The van der Waals surface area contributed by atoms with Crippen molar-refractivity contribution in [3.05, 3.63) is 77.4 Å². The largest absolute Gasteiger partial charge is 0.480 e. The summed E-state index contributed by atoms with van der Waals surface area (Å²) in [5.74, 6) is -1.82. The fourth-order valence-corrected chi connectivity index (χ4v) is 2.22. The van der Waals surface area contributed by atoms with E-state index < -0.39 is 29.7 Å². The topological polar surface area (TPSA) is 66.4 Å². The highest BCUT2D eigenvalue weighted by molar-refractivity contribution is 5.94. The van der Waals surface area contributed by atoms with Crippen LogP contribution in [0.15, 0.2) is 60.7 Å². The first-order valence-electron chi connectivity index (χ1n) is 7.68. The van der Waals surface area contributed by atoms with Gasteiger partial charge < -0.3 is 10.4 Å². The van der Waals surface area contributed by atoms with Gasteiger partial charge in [0.1, 0.15) is 6.04 Å². The van der Waals surface area contributed by atoms with Crippen LogP contribution >= 0.6 is 0 Å². The molecule has 0 unspecified atom stereocenters. The van der Waals surface area contributed by atoms with Crippen LogP contribution in [0, 0.1) is 0 Å². The SMILES string of the molecule is O=C(C=Cc1ccc(C(F)(F)F)cc1)N[C@H](Cc1ccccc1)C(=O)O. The number of carboxylic acid groups (broad SMARTS) is 1. The van der Waals surface area contributed by atoms with Crippen LogP contribution in [0.25, 0.3) is 6.08 Å². The molecule has 7 heteroatoms. The van der Waals surface area contributed by atoms with Gasteiger partial charge in [-0.15, -0.1) is 0 Å². The Labute approximate surface area is 148 Å². The second-order valence-corrected chi connectivity index (χ2v) is 5.54. The molecule has 0 spiro atoms. The lowest BCUT2D eigenvalue weighted by atomic mass is 10.1. The van der Waals surface area contributed by atoms with Crippen LogP contribution in [0.2, 0.25) is 0 Å². The molecule has 0 bridgehead atoms. The maximum atomic E-state index is 12.5. The first kappa shape index (κ1) is 19.2. The van der Waals surface area contributed by atoms with Crippen molar-refractivity contribution in [3.8, 4) is 0 Å². The van der Waals surface area contributed by atoms with Crippen molar-refractivity contribution in [3.63, 3.8) is 0 Å². The van der Waals surface area contributed by atoms with Gasteiger partial charge in [-0.3, -0.25) is 4.79 Å². The maximum absolute atomic E-state index is 12.5. The first-order chi connectivity index (χ1) is 12.3. The van der Waals surface area contributed by atoms with E-state index in [1.807, 2.05) is 0 Å². The Kier molecular flexibility index (Phi) is 6.16. The number of carboxylic acids is 1. The summed E-state index contributed by atoms with van der Waals surface area (Å²) in [6.07, 6.45) is -1.90. The van der Waals surface area contributed by atoms with E-state index in [9.17, 15) is 27.9 Å². The van der Waals surface area contributed by atoms with Crippen molar-refractivity contribution in [2.24, 2.45) is 0 Å². The second kappa shape index (κ2) is 8.33. The predicted molar refractivity (Wildman–Crippen MR) is 90.2 cm³/mol. The highest BCUT2D eigenvalue weighted by Crippen LogP contribution is 2.29. The lowest BCUT2D eigenvalue weighted by Gasteiger charge is -2.13. The molecular formula is C19H16F3NO3. The summed E-state index contributed by atoms with van der Waals surface area (Å²) in [7, 11) is 0. The van der Waals surface area contributed by atoms with Gasteiger partial charge in [0.2, 0.25) is 5.91 Å². The molecule has 0 saturated carbocycles. The van der Waals surface area contributed by atoms with Crippen LogP contribution in [-0.2, 0) is 22.2 Å².